The Balaban J connectivity index is 2.32. The predicted octanol–water partition coefficient (Wildman–Crippen LogP) is 3.37. The van der Waals surface area contributed by atoms with Crippen molar-refractivity contribution in [1.82, 2.24) is 9.97 Å². The van der Waals surface area contributed by atoms with Crippen LogP contribution in [0, 0.1) is 0 Å². The van der Waals surface area contributed by atoms with Crippen LogP contribution in [-0.4, -0.2) is 16.5 Å². The third kappa shape index (κ3) is 4.43. The van der Waals surface area contributed by atoms with Gasteiger partial charge in [-0.05, 0) is 25.7 Å². The Morgan fingerprint density at radius 3 is 2.69 bits per heavy atom. The van der Waals surface area contributed by atoms with Gasteiger partial charge in [0.05, 0.1) is 18.1 Å². The number of aromatic nitrogens is 2. The second-order valence-electron chi connectivity index (χ2n) is 4.12. The van der Waals surface area contributed by atoms with Crippen molar-refractivity contribution < 1.29 is 0 Å². The van der Waals surface area contributed by atoms with Gasteiger partial charge in [0, 0.05) is 6.54 Å². The first-order valence-corrected chi connectivity index (χ1v) is 5.91. The zero-order chi connectivity index (χ0) is 11.8. The molecule has 0 aliphatic heterocycles. The molecule has 0 amide bonds. The maximum absolute atomic E-state index is 4.35. The average molecular weight is 219 g/mol. The van der Waals surface area contributed by atoms with E-state index in [2.05, 4.69) is 41.3 Å². The van der Waals surface area contributed by atoms with E-state index in [1.165, 1.54) is 0 Å². The van der Waals surface area contributed by atoms with Crippen LogP contribution in [0.15, 0.2) is 24.5 Å². The maximum Gasteiger partial charge on any atom is 0.144 e. The van der Waals surface area contributed by atoms with Crippen molar-refractivity contribution in [2.75, 3.05) is 11.9 Å². The molecule has 0 aliphatic carbocycles. The molecule has 0 bridgehead atoms. The number of anilines is 1. The topological polar surface area (TPSA) is 37.8 Å². The number of nitrogens with zero attached hydrogens (tertiary/aromatic N) is 2. The molecule has 1 heterocycles. The monoisotopic (exact) mass is 219 g/mol. The van der Waals surface area contributed by atoms with E-state index in [1.54, 1.807) is 0 Å². The summed E-state index contributed by atoms with van der Waals surface area (Å²) in [6.45, 7) is 7.23. The van der Waals surface area contributed by atoms with Crippen molar-refractivity contribution in [3.63, 3.8) is 0 Å². The number of hydrogen-bond acceptors (Lipinski definition) is 3. The van der Waals surface area contributed by atoms with Crippen LogP contribution in [-0.2, 0) is 0 Å². The molecule has 0 spiro atoms. The predicted molar refractivity (Wildman–Crippen MR) is 68.7 cm³/mol. The standard InChI is InChI=1S/C13H21N3/c1-4-5-6-7-8-14-13-10-15-12(9-16-13)11(2)3/h4-5,9-11H,6-8H2,1-3H3,(H,14,16)/b5-4-. The lowest BCUT2D eigenvalue weighted by atomic mass is 10.1. The quantitative estimate of drug-likeness (QED) is 0.589. The molecule has 0 atom stereocenters. The third-order valence-electron chi connectivity index (χ3n) is 2.35. The molecule has 88 valence electrons. The highest BCUT2D eigenvalue weighted by atomic mass is 15.0. The molecule has 0 unspecified atom stereocenters. The van der Waals surface area contributed by atoms with Gasteiger partial charge in [0.15, 0.2) is 0 Å². The summed E-state index contributed by atoms with van der Waals surface area (Å²) in [5, 5.41) is 3.26. The molecule has 0 radical (unpaired) electrons. The Hall–Kier alpha value is -1.38. The molecule has 1 aromatic heterocycles. The molecule has 0 saturated carbocycles. The molecule has 16 heavy (non-hydrogen) atoms. The zero-order valence-corrected chi connectivity index (χ0v) is 10.4. The highest BCUT2D eigenvalue weighted by molar-refractivity contribution is 5.31. The summed E-state index contributed by atoms with van der Waals surface area (Å²) in [6.07, 6.45) is 10.1. The van der Waals surface area contributed by atoms with Gasteiger partial charge < -0.3 is 5.32 Å². The molecule has 3 heteroatoms. The molecule has 0 fully saturated rings. The van der Waals surface area contributed by atoms with E-state index in [9.17, 15) is 0 Å². The number of unbranched alkanes of at least 4 members (excludes halogenated alkanes) is 1. The van der Waals surface area contributed by atoms with Gasteiger partial charge in [0.25, 0.3) is 0 Å². The maximum atomic E-state index is 4.35. The molecule has 1 rings (SSSR count). The van der Waals surface area contributed by atoms with Crippen molar-refractivity contribution in [2.24, 2.45) is 0 Å². The van der Waals surface area contributed by atoms with Crippen molar-refractivity contribution in [3.05, 3.63) is 30.2 Å². The van der Waals surface area contributed by atoms with Crippen LogP contribution in [0.25, 0.3) is 0 Å². The normalized spacial score (nSPS) is 11.2. The third-order valence-corrected chi connectivity index (χ3v) is 2.35. The van der Waals surface area contributed by atoms with Crippen LogP contribution in [0.1, 0.15) is 45.2 Å². The minimum atomic E-state index is 0.441. The summed E-state index contributed by atoms with van der Waals surface area (Å²) >= 11 is 0. The molecule has 0 saturated heterocycles. The number of hydrogen-bond donors (Lipinski definition) is 1. The highest BCUT2D eigenvalue weighted by Gasteiger charge is 2.00. The lowest BCUT2D eigenvalue weighted by Crippen LogP contribution is -2.04. The second-order valence-corrected chi connectivity index (χ2v) is 4.12. The molecule has 0 aliphatic rings. The number of nitrogens with one attached hydrogen (secondary N) is 1. The van der Waals surface area contributed by atoms with E-state index < -0.39 is 0 Å². The van der Waals surface area contributed by atoms with Gasteiger partial charge in [-0.15, -0.1) is 0 Å². The smallest absolute Gasteiger partial charge is 0.144 e. The largest absolute Gasteiger partial charge is 0.369 e. The molecule has 0 aromatic carbocycles. The van der Waals surface area contributed by atoms with Crippen LogP contribution in [0.3, 0.4) is 0 Å². The molecular weight excluding hydrogens is 198 g/mol. The van der Waals surface area contributed by atoms with Crippen molar-refractivity contribution in [3.8, 4) is 0 Å². The van der Waals surface area contributed by atoms with Gasteiger partial charge in [-0.2, -0.15) is 0 Å². The van der Waals surface area contributed by atoms with Gasteiger partial charge in [-0.25, -0.2) is 4.98 Å². The molecule has 1 aromatic rings. The lowest BCUT2D eigenvalue weighted by molar-refractivity contribution is 0.809. The van der Waals surface area contributed by atoms with E-state index in [1.807, 2.05) is 19.3 Å². The van der Waals surface area contributed by atoms with Crippen molar-refractivity contribution in [1.29, 1.82) is 0 Å². The first-order valence-electron chi connectivity index (χ1n) is 5.91. The summed E-state index contributed by atoms with van der Waals surface area (Å²) in [7, 11) is 0. The van der Waals surface area contributed by atoms with E-state index >= 15 is 0 Å². The van der Waals surface area contributed by atoms with Gasteiger partial charge in [-0.1, -0.05) is 26.0 Å². The minimum Gasteiger partial charge on any atom is -0.369 e. The summed E-state index contributed by atoms with van der Waals surface area (Å²) in [4.78, 5) is 8.68. The fourth-order valence-corrected chi connectivity index (χ4v) is 1.33. The SMILES string of the molecule is C/C=C\CCCNc1cnc(C(C)C)cn1. The van der Waals surface area contributed by atoms with E-state index in [4.69, 9.17) is 0 Å². The zero-order valence-electron chi connectivity index (χ0n) is 10.4. The van der Waals surface area contributed by atoms with Crippen LogP contribution in [0.5, 0.6) is 0 Å². The minimum absolute atomic E-state index is 0.441. The van der Waals surface area contributed by atoms with Gasteiger partial charge in [0.1, 0.15) is 5.82 Å². The first-order chi connectivity index (χ1) is 7.74. The van der Waals surface area contributed by atoms with Crippen molar-refractivity contribution in [2.45, 2.75) is 39.5 Å². The average Bonchev–Trinajstić information content (AvgIpc) is 2.29. The molecular formula is C13H21N3. The van der Waals surface area contributed by atoms with E-state index in [-0.39, 0.29) is 0 Å². The Labute approximate surface area is 98.0 Å². The van der Waals surface area contributed by atoms with Crippen LogP contribution in [0.4, 0.5) is 5.82 Å². The fourth-order valence-electron chi connectivity index (χ4n) is 1.33. The first kappa shape index (κ1) is 12.7. The lowest BCUT2D eigenvalue weighted by Gasteiger charge is -2.06. The Morgan fingerprint density at radius 2 is 2.12 bits per heavy atom. The summed E-state index contributed by atoms with van der Waals surface area (Å²) in [5.41, 5.74) is 1.04. The summed E-state index contributed by atoms with van der Waals surface area (Å²) in [5.74, 6) is 1.31. The van der Waals surface area contributed by atoms with Crippen molar-refractivity contribution >= 4 is 5.82 Å². The summed E-state index contributed by atoms with van der Waals surface area (Å²) in [6, 6.07) is 0. The number of rotatable bonds is 6. The Morgan fingerprint density at radius 1 is 1.31 bits per heavy atom. The van der Waals surface area contributed by atoms with Gasteiger partial charge in [0.2, 0.25) is 0 Å². The highest BCUT2D eigenvalue weighted by Crippen LogP contribution is 2.10. The van der Waals surface area contributed by atoms with Crippen LogP contribution in [0.2, 0.25) is 0 Å². The van der Waals surface area contributed by atoms with E-state index in [0.717, 1.165) is 30.9 Å². The Bertz CT molecular complexity index is 314. The fraction of sp³-hybridized carbons (Fsp3) is 0.538. The summed E-state index contributed by atoms with van der Waals surface area (Å²) < 4.78 is 0. The van der Waals surface area contributed by atoms with Gasteiger partial charge >= 0.3 is 0 Å². The van der Waals surface area contributed by atoms with E-state index in [0.29, 0.717) is 5.92 Å². The number of allylic oxidation sites excluding steroid dienone is 2. The van der Waals surface area contributed by atoms with Crippen LogP contribution < -0.4 is 5.32 Å². The Kier molecular flexibility index (Phi) is 5.54. The molecule has 3 nitrogen and oxygen atoms in total. The van der Waals surface area contributed by atoms with Gasteiger partial charge in [-0.3, -0.25) is 4.98 Å². The van der Waals surface area contributed by atoms with Crippen LogP contribution >= 0.6 is 0 Å². The second kappa shape index (κ2) is 6.99. The molecule has 1 N–H and O–H groups in total.